The molecule has 27 heavy (non-hydrogen) atoms. The van der Waals surface area contributed by atoms with Crippen molar-refractivity contribution < 1.29 is 13.9 Å². The number of furan rings is 1. The number of likely N-dealkylation sites (tertiary alicyclic amines) is 1. The third-order valence-corrected chi connectivity index (χ3v) is 6.08. The van der Waals surface area contributed by atoms with Crippen LogP contribution in [0.25, 0.3) is 0 Å². The van der Waals surface area contributed by atoms with Gasteiger partial charge in [-0.25, -0.2) is 0 Å². The Morgan fingerprint density at radius 1 is 1.26 bits per heavy atom. The van der Waals surface area contributed by atoms with Crippen LogP contribution >= 0.6 is 0 Å². The van der Waals surface area contributed by atoms with E-state index in [0.717, 1.165) is 75.6 Å². The Morgan fingerprint density at radius 3 is 2.89 bits per heavy atom. The van der Waals surface area contributed by atoms with Gasteiger partial charge < -0.3 is 13.9 Å². The fourth-order valence-corrected chi connectivity index (χ4v) is 4.52. The lowest BCUT2D eigenvalue weighted by Crippen LogP contribution is -2.47. The monoisotopic (exact) mass is 370 g/mol. The second-order valence-corrected chi connectivity index (χ2v) is 7.89. The van der Waals surface area contributed by atoms with E-state index < -0.39 is 0 Å². The summed E-state index contributed by atoms with van der Waals surface area (Å²) in [5.41, 5.74) is 1.20. The molecule has 5 heteroatoms. The minimum atomic E-state index is 0.0627. The van der Waals surface area contributed by atoms with Crippen molar-refractivity contribution in [3.8, 4) is 0 Å². The maximum absolute atomic E-state index is 6.30. The van der Waals surface area contributed by atoms with Crippen molar-refractivity contribution in [3.05, 3.63) is 53.7 Å². The van der Waals surface area contributed by atoms with Gasteiger partial charge in [0.2, 0.25) is 0 Å². The summed E-state index contributed by atoms with van der Waals surface area (Å²) < 4.78 is 17.9. The van der Waals surface area contributed by atoms with Crippen LogP contribution in [-0.2, 0) is 22.6 Å². The highest BCUT2D eigenvalue weighted by Crippen LogP contribution is 2.42. The number of hydrogen-bond donors (Lipinski definition) is 0. The van der Waals surface area contributed by atoms with E-state index in [-0.39, 0.29) is 5.60 Å². The number of aromatic nitrogens is 1. The Hall–Kier alpha value is -1.69. The average molecular weight is 370 g/mol. The van der Waals surface area contributed by atoms with Gasteiger partial charge in [0.05, 0.1) is 18.8 Å². The highest BCUT2D eigenvalue weighted by Gasteiger charge is 2.45. The number of ether oxygens (including phenoxy) is 2. The van der Waals surface area contributed by atoms with Crippen LogP contribution in [0.15, 0.2) is 41.1 Å². The summed E-state index contributed by atoms with van der Waals surface area (Å²) in [6.07, 6.45) is 8.13. The zero-order valence-corrected chi connectivity index (χ0v) is 16.2. The van der Waals surface area contributed by atoms with Gasteiger partial charge in [-0.2, -0.15) is 0 Å². The Kier molecular flexibility index (Phi) is 5.91. The minimum Gasteiger partial charge on any atom is -0.465 e. The third-order valence-electron chi connectivity index (χ3n) is 6.08. The van der Waals surface area contributed by atoms with Crippen molar-refractivity contribution in [1.29, 1.82) is 0 Å². The Morgan fingerprint density at radius 2 is 2.15 bits per heavy atom. The van der Waals surface area contributed by atoms with E-state index in [1.807, 2.05) is 25.3 Å². The van der Waals surface area contributed by atoms with Crippen molar-refractivity contribution in [2.24, 2.45) is 5.92 Å². The molecule has 1 atom stereocenters. The largest absolute Gasteiger partial charge is 0.465 e. The van der Waals surface area contributed by atoms with Gasteiger partial charge in [-0.05, 0) is 62.3 Å². The quantitative estimate of drug-likeness (QED) is 0.691. The number of aryl methyl sites for hydroxylation is 1. The van der Waals surface area contributed by atoms with E-state index >= 15 is 0 Å². The van der Waals surface area contributed by atoms with E-state index in [9.17, 15) is 0 Å². The maximum Gasteiger partial charge on any atom is 0.118 e. The fourth-order valence-electron chi connectivity index (χ4n) is 4.52. The topological polar surface area (TPSA) is 47.7 Å². The lowest BCUT2D eigenvalue weighted by atomic mass is 9.78. The van der Waals surface area contributed by atoms with E-state index in [1.165, 1.54) is 0 Å². The molecule has 2 aromatic heterocycles. The van der Waals surface area contributed by atoms with E-state index in [2.05, 4.69) is 22.0 Å². The maximum atomic E-state index is 6.30. The zero-order chi connectivity index (χ0) is 18.5. The summed E-state index contributed by atoms with van der Waals surface area (Å²) in [6.45, 7) is 7.39. The molecule has 0 aromatic carbocycles. The molecule has 2 fully saturated rings. The van der Waals surface area contributed by atoms with Crippen LogP contribution in [-0.4, -0.2) is 41.8 Å². The molecule has 1 unspecified atom stereocenters. The van der Waals surface area contributed by atoms with Crippen LogP contribution in [0.3, 0.4) is 0 Å². The number of rotatable bonds is 7. The SMILES string of the molecule is Cc1ccc(CN2CCC3(CC2)OCCC3CCOCc2cccnc2)o1. The highest BCUT2D eigenvalue weighted by atomic mass is 16.5. The molecule has 1 spiro atoms. The summed E-state index contributed by atoms with van der Waals surface area (Å²) in [5, 5.41) is 0. The van der Waals surface area contributed by atoms with E-state index in [1.54, 1.807) is 6.20 Å². The average Bonchev–Trinajstić information content (AvgIpc) is 3.28. The van der Waals surface area contributed by atoms with Crippen molar-refractivity contribution >= 4 is 0 Å². The molecule has 2 saturated heterocycles. The molecule has 5 nitrogen and oxygen atoms in total. The molecule has 0 N–H and O–H groups in total. The molecule has 146 valence electrons. The van der Waals surface area contributed by atoms with Gasteiger partial charge in [0.1, 0.15) is 11.5 Å². The predicted molar refractivity (Wildman–Crippen MR) is 103 cm³/mol. The molecular weight excluding hydrogens is 340 g/mol. The zero-order valence-electron chi connectivity index (χ0n) is 16.2. The summed E-state index contributed by atoms with van der Waals surface area (Å²) in [6, 6.07) is 8.15. The number of pyridine rings is 1. The van der Waals surface area contributed by atoms with Crippen LogP contribution in [0.5, 0.6) is 0 Å². The van der Waals surface area contributed by atoms with Crippen LogP contribution < -0.4 is 0 Å². The number of piperidine rings is 1. The van der Waals surface area contributed by atoms with Crippen molar-refractivity contribution in [1.82, 2.24) is 9.88 Å². The molecule has 0 saturated carbocycles. The standard InChI is InChI=1S/C22H30N2O3/c1-18-4-5-21(27-18)16-24-11-8-22(9-12-24)20(7-14-26-22)6-13-25-17-19-3-2-10-23-15-19/h2-5,10,15,20H,6-9,11-14,16-17H2,1H3. The first kappa shape index (κ1) is 18.7. The van der Waals surface area contributed by atoms with Crippen molar-refractivity contribution in [2.45, 2.75) is 51.4 Å². The van der Waals surface area contributed by atoms with Crippen LogP contribution in [0.2, 0.25) is 0 Å². The van der Waals surface area contributed by atoms with Gasteiger partial charge >= 0.3 is 0 Å². The molecule has 0 aliphatic carbocycles. The molecule has 0 amide bonds. The predicted octanol–water partition coefficient (Wildman–Crippen LogP) is 3.96. The van der Waals surface area contributed by atoms with E-state index in [4.69, 9.17) is 13.9 Å². The summed E-state index contributed by atoms with van der Waals surface area (Å²) >= 11 is 0. The lowest BCUT2D eigenvalue weighted by Gasteiger charge is -2.42. The lowest BCUT2D eigenvalue weighted by molar-refractivity contribution is -0.0740. The van der Waals surface area contributed by atoms with Gasteiger partial charge in [0, 0.05) is 38.7 Å². The number of nitrogens with zero attached hydrogens (tertiary/aromatic N) is 2. The van der Waals surface area contributed by atoms with Gasteiger partial charge in [-0.1, -0.05) is 6.07 Å². The Balaban J connectivity index is 1.23. The first-order valence-electron chi connectivity index (χ1n) is 10.1. The fraction of sp³-hybridized carbons (Fsp3) is 0.591. The van der Waals surface area contributed by atoms with E-state index in [0.29, 0.717) is 12.5 Å². The van der Waals surface area contributed by atoms with Crippen molar-refractivity contribution in [2.75, 3.05) is 26.3 Å². The molecule has 4 rings (SSSR count). The first-order chi connectivity index (χ1) is 13.2. The molecule has 0 radical (unpaired) electrons. The molecular formula is C22H30N2O3. The molecule has 2 aromatic rings. The minimum absolute atomic E-state index is 0.0627. The normalized spacial score (nSPS) is 22.5. The van der Waals surface area contributed by atoms with Crippen LogP contribution in [0.4, 0.5) is 0 Å². The van der Waals surface area contributed by atoms with Gasteiger partial charge in [-0.15, -0.1) is 0 Å². The van der Waals surface area contributed by atoms with Crippen LogP contribution in [0, 0.1) is 12.8 Å². The summed E-state index contributed by atoms with van der Waals surface area (Å²) in [5.74, 6) is 2.67. The van der Waals surface area contributed by atoms with Gasteiger partial charge in [-0.3, -0.25) is 9.88 Å². The second kappa shape index (κ2) is 8.55. The summed E-state index contributed by atoms with van der Waals surface area (Å²) in [4.78, 5) is 6.62. The summed E-state index contributed by atoms with van der Waals surface area (Å²) in [7, 11) is 0. The van der Waals surface area contributed by atoms with Crippen molar-refractivity contribution in [3.63, 3.8) is 0 Å². The first-order valence-corrected chi connectivity index (χ1v) is 10.1. The second-order valence-electron chi connectivity index (χ2n) is 7.89. The molecule has 0 bridgehead atoms. The van der Waals surface area contributed by atoms with Gasteiger partial charge in [0.15, 0.2) is 0 Å². The molecule has 2 aliphatic rings. The van der Waals surface area contributed by atoms with Gasteiger partial charge in [0.25, 0.3) is 0 Å². The Labute approximate surface area is 161 Å². The number of hydrogen-bond acceptors (Lipinski definition) is 5. The Bertz CT molecular complexity index is 707. The molecule has 2 aliphatic heterocycles. The highest BCUT2D eigenvalue weighted by molar-refractivity contribution is 5.07. The smallest absolute Gasteiger partial charge is 0.118 e. The molecule has 4 heterocycles. The third kappa shape index (κ3) is 4.60. The van der Waals surface area contributed by atoms with Crippen LogP contribution in [0.1, 0.15) is 42.8 Å².